The molecule has 0 saturated heterocycles. The van der Waals surface area contributed by atoms with E-state index < -0.39 is 0 Å². The first-order chi connectivity index (χ1) is 11.8. The van der Waals surface area contributed by atoms with Gasteiger partial charge in [0.25, 0.3) is 0 Å². The highest BCUT2D eigenvalue weighted by atomic mass is 16.1. The first-order valence-electron chi connectivity index (χ1n) is 9.59. The summed E-state index contributed by atoms with van der Waals surface area (Å²) in [5, 5.41) is 0. The molecule has 3 aliphatic rings. The standard InChI is InChI=1S/C21H28N2O/c24-21-13-7-12-20-19(21)15-22(14-17-8-3-1-4-9-17)16-23(20)18-10-5-2-6-11-18/h1,3-4,8-9,18H,2,5-7,10-16H2. The Morgan fingerprint density at radius 2 is 1.75 bits per heavy atom. The molecule has 1 aromatic carbocycles. The normalized spacial score (nSPS) is 23.5. The minimum absolute atomic E-state index is 0.398. The van der Waals surface area contributed by atoms with E-state index in [1.54, 1.807) is 0 Å². The predicted octanol–water partition coefficient (Wildman–Crippen LogP) is 4.10. The van der Waals surface area contributed by atoms with Crippen LogP contribution in [0.15, 0.2) is 41.6 Å². The number of ketones is 1. The molecule has 0 unspecified atom stereocenters. The van der Waals surface area contributed by atoms with Gasteiger partial charge in [-0.3, -0.25) is 9.69 Å². The van der Waals surface area contributed by atoms with Gasteiger partial charge in [-0.2, -0.15) is 0 Å². The van der Waals surface area contributed by atoms with Gasteiger partial charge in [0.1, 0.15) is 0 Å². The Balaban J connectivity index is 1.58. The zero-order valence-corrected chi connectivity index (χ0v) is 14.5. The molecule has 128 valence electrons. The van der Waals surface area contributed by atoms with Gasteiger partial charge in [0.15, 0.2) is 5.78 Å². The number of hydrogen-bond acceptors (Lipinski definition) is 3. The summed E-state index contributed by atoms with van der Waals surface area (Å²) < 4.78 is 0. The zero-order valence-electron chi connectivity index (χ0n) is 14.5. The Labute approximate surface area is 145 Å². The molecule has 0 N–H and O–H groups in total. The van der Waals surface area contributed by atoms with Crippen LogP contribution in [0.1, 0.15) is 56.9 Å². The van der Waals surface area contributed by atoms with Crippen molar-refractivity contribution in [2.75, 3.05) is 13.2 Å². The quantitative estimate of drug-likeness (QED) is 0.836. The van der Waals surface area contributed by atoms with Crippen molar-refractivity contribution in [3.8, 4) is 0 Å². The number of allylic oxidation sites excluding steroid dienone is 1. The van der Waals surface area contributed by atoms with Crippen molar-refractivity contribution in [3.05, 3.63) is 47.2 Å². The monoisotopic (exact) mass is 324 g/mol. The van der Waals surface area contributed by atoms with Gasteiger partial charge in [-0.25, -0.2) is 0 Å². The van der Waals surface area contributed by atoms with E-state index in [-0.39, 0.29) is 0 Å². The first-order valence-corrected chi connectivity index (χ1v) is 9.59. The van der Waals surface area contributed by atoms with E-state index in [1.807, 2.05) is 0 Å². The Bertz CT molecular complexity index is 616. The number of Topliss-reactive ketones (excluding diaryl/α,β-unsaturated/α-hetero) is 1. The molecule has 0 radical (unpaired) electrons. The lowest BCUT2D eigenvalue weighted by Crippen LogP contribution is -2.50. The highest BCUT2D eigenvalue weighted by Crippen LogP contribution is 2.35. The molecule has 0 spiro atoms. The summed E-state index contributed by atoms with van der Waals surface area (Å²) in [5.41, 5.74) is 3.85. The molecule has 0 bridgehead atoms. The molecule has 1 fully saturated rings. The first kappa shape index (κ1) is 15.9. The second-order valence-corrected chi connectivity index (χ2v) is 7.58. The van der Waals surface area contributed by atoms with Crippen molar-refractivity contribution >= 4 is 5.78 Å². The SMILES string of the molecule is O=C1CCCC2=C1CN(Cc1ccccc1)CN2C1CCCCC1. The summed E-state index contributed by atoms with van der Waals surface area (Å²) in [4.78, 5) is 17.6. The van der Waals surface area contributed by atoms with E-state index in [0.29, 0.717) is 11.8 Å². The molecule has 0 amide bonds. The Morgan fingerprint density at radius 3 is 2.54 bits per heavy atom. The number of benzene rings is 1. The lowest BCUT2D eigenvalue weighted by atomic mass is 9.88. The van der Waals surface area contributed by atoms with E-state index in [0.717, 1.165) is 44.6 Å². The molecule has 3 nitrogen and oxygen atoms in total. The van der Waals surface area contributed by atoms with Crippen LogP contribution in [-0.4, -0.2) is 34.8 Å². The van der Waals surface area contributed by atoms with Crippen LogP contribution >= 0.6 is 0 Å². The molecule has 4 rings (SSSR count). The van der Waals surface area contributed by atoms with Crippen molar-refractivity contribution in [1.29, 1.82) is 0 Å². The van der Waals surface area contributed by atoms with Crippen LogP contribution < -0.4 is 0 Å². The van der Waals surface area contributed by atoms with Crippen LogP contribution in [0.4, 0.5) is 0 Å². The number of carbonyl (C=O) groups is 1. The topological polar surface area (TPSA) is 23.6 Å². The van der Waals surface area contributed by atoms with Crippen LogP contribution in [0.3, 0.4) is 0 Å². The van der Waals surface area contributed by atoms with Crippen LogP contribution in [-0.2, 0) is 11.3 Å². The largest absolute Gasteiger partial charge is 0.358 e. The average molecular weight is 324 g/mol. The molecular formula is C21H28N2O. The maximum atomic E-state index is 12.5. The van der Waals surface area contributed by atoms with Gasteiger partial charge in [-0.1, -0.05) is 49.6 Å². The third kappa shape index (κ3) is 3.27. The summed E-state index contributed by atoms with van der Waals surface area (Å²) in [6.07, 6.45) is 9.55. The summed E-state index contributed by atoms with van der Waals surface area (Å²) >= 11 is 0. The smallest absolute Gasteiger partial charge is 0.161 e. The Kier molecular flexibility index (Phi) is 4.70. The van der Waals surface area contributed by atoms with Crippen LogP contribution in [0.5, 0.6) is 0 Å². The third-order valence-corrected chi connectivity index (χ3v) is 5.85. The van der Waals surface area contributed by atoms with Gasteiger partial charge >= 0.3 is 0 Å². The fourth-order valence-electron chi connectivity index (χ4n) is 4.63. The Hall–Kier alpha value is -1.61. The zero-order chi connectivity index (χ0) is 16.4. The number of rotatable bonds is 3. The highest BCUT2D eigenvalue weighted by Gasteiger charge is 2.34. The molecular weight excluding hydrogens is 296 g/mol. The lowest BCUT2D eigenvalue weighted by Gasteiger charge is -2.46. The summed E-state index contributed by atoms with van der Waals surface area (Å²) in [6.45, 7) is 2.77. The molecule has 1 aliphatic heterocycles. The van der Waals surface area contributed by atoms with Gasteiger partial charge in [0.05, 0.1) is 6.67 Å². The highest BCUT2D eigenvalue weighted by molar-refractivity contribution is 5.97. The van der Waals surface area contributed by atoms with Gasteiger partial charge in [0, 0.05) is 36.8 Å². The second kappa shape index (κ2) is 7.10. The van der Waals surface area contributed by atoms with Crippen LogP contribution in [0.25, 0.3) is 0 Å². The Morgan fingerprint density at radius 1 is 0.958 bits per heavy atom. The van der Waals surface area contributed by atoms with E-state index in [4.69, 9.17) is 0 Å². The summed E-state index contributed by atoms with van der Waals surface area (Å²) in [7, 11) is 0. The molecule has 0 atom stereocenters. The van der Waals surface area contributed by atoms with Gasteiger partial charge in [0.2, 0.25) is 0 Å². The van der Waals surface area contributed by atoms with E-state index in [1.165, 1.54) is 43.4 Å². The number of nitrogens with zero attached hydrogens (tertiary/aromatic N) is 2. The van der Waals surface area contributed by atoms with E-state index in [9.17, 15) is 4.79 Å². The fraction of sp³-hybridized carbons (Fsp3) is 0.571. The van der Waals surface area contributed by atoms with Crippen molar-refractivity contribution in [1.82, 2.24) is 9.80 Å². The number of hydrogen-bond donors (Lipinski definition) is 0. The molecule has 2 aliphatic carbocycles. The lowest BCUT2D eigenvalue weighted by molar-refractivity contribution is -0.117. The van der Waals surface area contributed by atoms with Crippen molar-refractivity contribution in [2.24, 2.45) is 0 Å². The minimum Gasteiger partial charge on any atom is -0.358 e. The molecule has 3 heteroatoms. The average Bonchev–Trinajstić information content (AvgIpc) is 2.63. The van der Waals surface area contributed by atoms with Gasteiger partial charge in [-0.15, -0.1) is 0 Å². The molecule has 0 aromatic heterocycles. The summed E-state index contributed by atoms with van der Waals surface area (Å²) in [5.74, 6) is 0.398. The second-order valence-electron chi connectivity index (χ2n) is 7.58. The van der Waals surface area contributed by atoms with E-state index >= 15 is 0 Å². The number of carbonyl (C=O) groups excluding carboxylic acids is 1. The fourth-order valence-corrected chi connectivity index (χ4v) is 4.63. The van der Waals surface area contributed by atoms with Crippen LogP contribution in [0, 0.1) is 0 Å². The van der Waals surface area contributed by atoms with Gasteiger partial charge in [-0.05, 0) is 31.2 Å². The molecule has 1 saturated carbocycles. The maximum Gasteiger partial charge on any atom is 0.161 e. The predicted molar refractivity (Wildman–Crippen MR) is 96.3 cm³/mol. The van der Waals surface area contributed by atoms with Gasteiger partial charge < -0.3 is 4.90 Å². The van der Waals surface area contributed by atoms with Crippen molar-refractivity contribution in [3.63, 3.8) is 0 Å². The minimum atomic E-state index is 0.398. The third-order valence-electron chi connectivity index (χ3n) is 5.85. The molecule has 1 aromatic rings. The summed E-state index contributed by atoms with van der Waals surface area (Å²) in [6, 6.07) is 11.3. The molecule has 24 heavy (non-hydrogen) atoms. The van der Waals surface area contributed by atoms with Crippen molar-refractivity contribution in [2.45, 2.75) is 64.0 Å². The maximum absolute atomic E-state index is 12.5. The van der Waals surface area contributed by atoms with Crippen LogP contribution in [0.2, 0.25) is 0 Å². The molecule has 1 heterocycles. The van der Waals surface area contributed by atoms with E-state index in [2.05, 4.69) is 40.1 Å². The van der Waals surface area contributed by atoms with Crippen molar-refractivity contribution < 1.29 is 4.79 Å².